The second kappa shape index (κ2) is 11.0. The fourth-order valence-electron chi connectivity index (χ4n) is 7.06. The molecule has 2 fully saturated rings. The van der Waals surface area contributed by atoms with Crippen molar-refractivity contribution in [3.05, 3.63) is 96.1 Å². The van der Waals surface area contributed by atoms with Crippen LogP contribution in [0.1, 0.15) is 63.0 Å². The van der Waals surface area contributed by atoms with Crippen LogP contribution >= 0.6 is 0 Å². The third-order valence-corrected chi connectivity index (χ3v) is 8.88. The predicted molar refractivity (Wildman–Crippen MR) is 158 cm³/mol. The first kappa shape index (κ1) is 24.7. The average molecular weight is 490 g/mol. The van der Waals surface area contributed by atoms with Crippen LogP contribution in [0.25, 0.3) is 21.5 Å². The van der Waals surface area contributed by atoms with Crippen LogP contribution in [0.3, 0.4) is 0 Å². The topological polar surface area (TPSA) is 21.3 Å². The molecule has 1 saturated heterocycles. The van der Waals surface area contributed by atoms with Gasteiger partial charge in [-0.3, -0.25) is 0 Å². The summed E-state index contributed by atoms with van der Waals surface area (Å²) in [7, 11) is 0.146. The monoisotopic (exact) mass is 489 g/mol. The molecule has 1 atom stereocenters. The van der Waals surface area contributed by atoms with Crippen LogP contribution in [0.5, 0.6) is 0 Å². The van der Waals surface area contributed by atoms with Gasteiger partial charge in [-0.1, -0.05) is 124 Å². The first-order valence-electron chi connectivity index (χ1n) is 14.6. The second-order valence-electron chi connectivity index (χ2n) is 11.6. The number of unbranched alkanes of at least 4 members (excludes halogenated alkanes) is 1. The summed E-state index contributed by atoms with van der Waals surface area (Å²) in [6, 6.07) is 31.9. The van der Waals surface area contributed by atoms with E-state index in [1.165, 1.54) is 77.6 Å². The van der Waals surface area contributed by atoms with E-state index >= 15 is 0 Å². The summed E-state index contributed by atoms with van der Waals surface area (Å²) in [5.74, 6) is 0.682. The third kappa shape index (κ3) is 5.35. The molecule has 2 nitrogen and oxygen atoms in total. The summed E-state index contributed by atoms with van der Waals surface area (Å²) in [5.41, 5.74) is 2.53. The van der Waals surface area contributed by atoms with E-state index in [0.29, 0.717) is 12.0 Å². The van der Waals surface area contributed by atoms with Gasteiger partial charge >= 0.3 is 7.05 Å². The van der Waals surface area contributed by atoms with E-state index in [1.54, 1.807) is 0 Å². The molecule has 1 aliphatic heterocycles. The molecule has 1 N–H and O–H groups in total. The highest BCUT2D eigenvalue weighted by atomic mass is 16.5. The van der Waals surface area contributed by atoms with Crippen molar-refractivity contribution in [3.8, 4) is 0 Å². The molecular formula is C34H40BNO. The number of rotatable bonds is 8. The smallest absolute Gasteiger partial charge is 0.380 e. The fourth-order valence-corrected chi connectivity index (χ4v) is 7.06. The molecule has 0 bridgehead atoms. The molecule has 3 heteroatoms. The summed E-state index contributed by atoms with van der Waals surface area (Å²) >= 11 is 0. The zero-order valence-electron chi connectivity index (χ0n) is 22.3. The van der Waals surface area contributed by atoms with E-state index < -0.39 is 0 Å². The molecule has 1 heterocycles. The van der Waals surface area contributed by atoms with Crippen LogP contribution in [0.2, 0.25) is 6.32 Å². The fraction of sp³-hybridized carbons (Fsp3) is 0.412. The zero-order chi connectivity index (χ0) is 25.1. The first-order valence-corrected chi connectivity index (χ1v) is 14.6. The molecule has 1 saturated carbocycles. The SMILES string of the molecule is CCCCB1NC(C2CCCCC2)C(Cc2ccc3ccccc3c2)(Cc2ccc3ccccc3c2)O1. The van der Waals surface area contributed by atoms with E-state index in [-0.39, 0.29) is 12.7 Å². The highest BCUT2D eigenvalue weighted by Crippen LogP contribution is 2.41. The third-order valence-electron chi connectivity index (χ3n) is 8.88. The van der Waals surface area contributed by atoms with Gasteiger partial charge in [0.15, 0.2) is 0 Å². The molecule has 4 aromatic carbocycles. The lowest BCUT2D eigenvalue weighted by atomic mass is 9.71. The van der Waals surface area contributed by atoms with Crippen LogP contribution in [0.15, 0.2) is 84.9 Å². The number of hydrogen-bond donors (Lipinski definition) is 1. The standard InChI is InChI=1S/C34H40BNO/c1-2-3-21-35-36-33(30-13-5-4-6-14-30)34(37-35,24-26-17-19-28-11-7-9-15-31(28)22-26)25-27-18-20-29-12-8-10-16-32(29)23-27/h7-12,15-20,22-23,30,33,36H,2-6,13-14,21,24-25H2,1H3. The van der Waals surface area contributed by atoms with Crippen LogP contribution in [0, 0.1) is 5.92 Å². The maximum atomic E-state index is 7.24. The largest absolute Gasteiger partial charge is 0.414 e. The van der Waals surface area contributed by atoms with Crippen molar-refractivity contribution in [1.82, 2.24) is 5.23 Å². The molecule has 4 aromatic rings. The van der Waals surface area contributed by atoms with E-state index in [9.17, 15) is 0 Å². The molecular weight excluding hydrogens is 449 g/mol. The summed E-state index contributed by atoms with van der Waals surface area (Å²) in [6.07, 6.45) is 12.1. The minimum absolute atomic E-state index is 0.146. The van der Waals surface area contributed by atoms with Gasteiger partial charge in [0.25, 0.3) is 0 Å². The summed E-state index contributed by atoms with van der Waals surface area (Å²) in [4.78, 5) is 0. The predicted octanol–water partition coefficient (Wildman–Crippen LogP) is 8.37. The zero-order valence-corrected chi connectivity index (χ0v) is 22.3. The molecule has 6 rings (SSSR count). The Balaban J connectivity index is 1.40. The van der Waals surface area contributed by atoms with Gasteiger partial charge in [0.1, 0.15) is 0 Å². The lowest BCUT2D eigenvalue weighted by Gasteiger charge is -2.41. The van der Waals surface area contributed by atoms with Crippen molar-refractivity contribution in [3.63, 3.8) is 0 Å². The molecule has 1 aliphatic carbocycles. The average Bonchev–Trinajstić information content (AvgIpc) is 3.29. The number of fused-ring (bicyclic) bond motifs is 2. The molecule has 2 aliphatic rings. The van der Waals surface area contributed by atoms with Gasteiger partial charge in [-0.15, -0.1) is 0 Å². The Kier molecular flexibility index (Phi) is 7.35. The van der Waals surface area contributed by atoms with Gasteiger partial charge in [0, 0.05) is 18.9 Å². The van der Waals surface area contributed by atoms with E-state index in [2.05, 4.69) is 97.1 Å². The highest BCUT2D eigenvalue weighted by molar-refractivity contribution is 6.50. The minimum atomic E-state index is -0.245. The summed E-state index contributed by atoms with van der Waals surface area (Å²) < 4.78 is 7.24. The summed E-state index contributed by atoms with van der Waals surface area (Å²) in [6.45, 7) is 2.28. The molecule has 0 spiro atoms. The van der Waals surface area contributed by atoms with Gasteiger partial charge in [-0.25, -0.2) is 0 Å². The lowest BCUT2D eigenvalue weighted by Crippen LogP contribution is -2.52. The van der Waals surface area contributed by atoms with Crippen LogP contribution in [0.4, 0.5) is 0 Å². The molecule has 37 heavy (non-hydrogen) atoms. The van der Waals surface area contributed by atoms with Crippen molar-refractivity contribution in [2.75, 3.05) is 0 Å². The Morgan fingerprint density at radius 3 is 1.89 bits per heavy atom. The van der Waals surface area contributed by atoms with Crippen molar-refractivity contribution < 1.29 is 4.65 Å². The van der Waals surface area contributed by atoms with E-state index in [1.807, 2.05) is 0 Å². The quantitative estimate of drug-likeness (QED) is 0.251. The molecule has 0 radical (unpaired) electrons. The van der Waals surface area contributed by atoms with Crippen molar-refractivity contribution in [1.29, 1.82) is 0 Å². The van der Waals surface area contributed by atoms with Gasteiger partial charge in [0.05, 0.1) is 5.60 Å². The van der Waals surface area contributed by atoms with Crippen LogP contribution in [-0.4, -0.2) is 18.7 Å². The Morgan fingerprint density at radius 1 is 0.757 bits per heavy atom. The Morgan fingerprint density at radius 2 is 1.32 bits per heavy atom. The van der Waals surface area contributed by atoms with E-state index in [0.717, 1.165) is 19.2 Å². The van der Waals surface area contributed by atoms with Gasteiger partial charge < -0.3 is 9.88 Å². The normalized spacial score (nSPS) is 20.1. The summed E-state index contributed by atoms with van der Waals surface area (Å²) in [5, 5.41) is 9.34. The minimum Gasteiger partial charge on any atom is -0.414 e. The van der Waals surface area contributed by atoms with Gasteiger partial charge in [-0.2, -0.15) is 0 Å². The highest BCUT2D eigenvalue weighted by Gasteiger charge is 2.52. The maximum absolute atomic E-state index is 7.24. The van der Waals surface area contributed by atoms with Gasteiger partial charge in [-0.05, 0) is 57.8 Å². The molecule has 1 unspecified atom stereocenters. The molecule has 0 amide bonds. The molecule has 0 aromatic heterocycles. The van der Waals surface area contributed by atoms with E-state index in [4.69, 9.17) is 4.65 Å². The van der Waals surface area contributed by atoms with Crippen molar-refractivity contribution in [2.45, 2.75) is 82.7 Å². The van der Waals surface area contributed by atoms with Crippen molar-refractivity contribution >= 4 is 28.6 Å². The number of hydrogen-bond acceptors (Lipinski definition) is 2. The number of nitrogens with one attached hydrogen (secondary N) is 1. The Hall–Kier alpha value is -2.62. The number of benzene rings is 4. The lowest BCUT2D eigenvalue weighted by molar-refractivity contribution is 0.0403. The van der Waals surface area contributed by atoms with Crippen molar-refractivity contribution in [2.24, 2.45) is 5.92 Å². The first-order chi connectivity index (χ1) is 18.2. The maximum Gasteiger partial charge on any atom is 0.380 e. The van der Waals surface area contributed by atoms with Crippen LogP contribution in [-0.2, 0) is 17.5 Å². The van der Waals surface area contributed by atoms with Gasteiger partial charge in [0.2, 0.25) is 0 Å². The second-order valence-corrected chi connectivity index (χ2v) is 11.6. The molecule has 190 valence electrons. The van der Waals surface area contributed by atoms with Crippen LogP contribution < -0.4 is 5.23 Å². The Bertz CT molecular complexity index is 1260. The Labute approximate surface area is 222 Å².